The number of anilines is 1. The van der Waals surface area contributed by atoms with E-state index in [1.165, 1.54) is 5.69 Å². The van der Waals surface area contributed by atoms with Gasteiger partial charge in [-0.2, -0.15) is 5.10 Å². The van der Waals surface area contributed by atoms with Gasteiger partial charge in [0.25, 0.3) is 5.91 Å². The number of carbonyl (C=O) groups is 1. The van der Waals surface area contributed by atoms with Crippen LogP contribution >= 0.6 is 0 Å². The van der Waals surface area contributed by atoms with Gasteiger partial charge in [-0.25, -0.2) is 0 Å². The van der Waals surface area contributed by atoms with Crippen LogP contribution in [0.2, 0.25) is 0 Å². The SMILES string of the molecule is CC(NC(=O)c1ccc(N2CCC(N(C)Cc3ccn[nH]3)CC2)cc1)c1ccccc1. The van der Waals surface area contributed by atoms with Crippen molar-refractivity contribution in [2.45, 2.75) is 38.4 Å². The fourth-order valence-corrected chi connectivity index (χ4v) is 4.26. The Morgan fingerprint density at radius 2 is 1.84 bits per heavy atom. The molecular weight excluding hydrogens is 386 g/mol. The molecule has 4 rings (SSSR count). The maximum Gasteiger partial charge on any atom is 0.251 e. The van der Waals surface area contributed by atoms with Crippen LogP contribution in [0.5, 0.6) is 0 Å². The summed E-state index contributed by atoms with van der Waals surface area (Å²) in [5.41, 5.74) is 4.14. The molecular formula is C25H31N5O. The van der Waals surface area contributed by atoms with E-state index in [2.05, 4.69) is 44.5 Å². The maximum atomic E-state index is 12.6. The minimum atomic E-state index is -0.0398. The van der Waals surface area contributed by atoms with Gasteiger partial charge in [-0.3, -0.25) is 14.8 Å². The molecule has 1 atom stereocenters. The van der Waals surface area contributed by atoms with Crippen molar-refractivity contribution in [3.8, 4) is 0 Å². The Kier molecular flexibility index (Phi) is 6.67. The first-order valence-electron chi connectivity index (χ1n) is 11.0. The van der Waals surface area contributed by atoms with E-state index < -0.39 is 0 Å². The van der Waals surface area contributed by atoms with E-state index in [0.717, 1.165) is 43.7 Å². The average molecular weight is 418 g/mol. The number of aromatic nitrogens is 2. The number of hydrogen-bond donors (Lipinski definition) is 2. The minimum Gasteiger partial charge on any atom is -0.371 e. The van der Waals surface area contributed by atoms with Crippen molar-refractivity contribution in [3.63, 3.8) is 0 Å². The molecule has 0 aliphatic carbocycles. The summed E-state index contributed by atoms with van der Waals surface area (Å²) in [5.74, 6) is -0.0398. The third-order valence-corrected chi connectivity index (χ3v) is 6.21. The summed E-state index contributed by atoms with van der Waals surface area (Å²) in [5, 5.41) is 10.2. The van der Waals surface area contributed by atoms with E-state index >= 15 is 0 Å². The van der Waals surface area contributed by atoms with E-state index in [9.17, 15) is 4.79 Å². The zero-order valence-electron chi connectivity index (χ0n) is 18.3. The summed E-state index contributed by atoms with van der Waals surface area (Å²) in [6.45, 7) is 4.95. The molecule has 0 spiro atoms. The maximum absolute atomic E-state index is 12.6. The zero-order valence-corrected chi connectivity index (χ0v) is 18.3. The lowest BCUT2D eigenvalue weighted by molar-refractivity contribution is 0.0940. The molecule has 1 saturated heterocycles. The Bertz CT molecular complexity index is 947. The number of piperidine rings is 1. The molecule has 0 radical (unpaired) electrons. The fraction of sp³-hybridized carbons (Fsp3) is 0.360. The third kappa shape index (κ3) is 5.33. The van der Waals surface area contributed by atoms with Crippen molar-refractivity contribution in [1.82, 2.24) is 20.4 Å². The number of amides is 1. The second kappa shape index (κ2) is 9.79. The average Bonchev–Trinajstić information content (AvgIpc) is 3.33. The molecule has 2 N–H and O–H groups in total. The van der Waals surface area contributed by atoms with Gasteiger partial charge in [0.2, 0.25) is 0 Å². The molecule has 1 aliphatic rings. The second-order valence-corrected chi connectivity index (χ2v) is 8.37. The van der Waals surface area contributed by atoms with Crippen LogP contribution in [-0.4, -0.2) is 47.2 Å². The van der Waals surface area contributed by atoms with E-state index in [1.54, 1.807) is 6.20 Å². The van der Waals surface area contributed by atoms with Gasteiger partial charge in [0.15, 0.2) is 0 Å². The quantitative estimate of drug-likeness (QED) is 0.610. The monoisotopic (exact) mass is 417 g/mol. The number of H-pyrrole nitrogens is 1. The Labute approximate surface area is 184 Å². The number of benzene rings is 2. The van der Waals surface area contributed by atoms with Crippen LogP contribution < -0.4 is 10.2 Å². The molecule has 1 fully saturated rings. The number of rotatable bonds is 7. The Balaban J connectivity index is 1.29. The molecule has 162 valence electrons. The summed E-state index contributed by atoms with van der Waals surface area (Å²) in [4.78, 5) is 17.4. The molecule has 6 nitrogen and oxygen atoms in total. The van der Waals surface area contributed by atoms with Gasteiger partial charge in [0.05, 0.1) is 6.04 Å². The predicted molar refractivity (Wildman–Crippen MR) is 124 cm³/mol. The fourth-order valence-electron chi connectivity index (χ4n) is 4.26. The first kappa shape index (κ1) is 21.1. The highest BCUT2D eigenvalue weighted by Crippen LogP contribution is 2.23. The Morgan fingerprint density at radius 3 is 2.48 bits per heavy atom. The Morgan fingerprint density at radius 1 is 1.13 bits per heavy atom. The van der Waals surface area contributed by atoms with Crippen molar-refractivity contribution in [3.05, 3.63) is 83.7 Å². The molecule has 6 heteroatoms. The molecule has 2 heterocycles. The first-order valence-corrected chi connectivity index (χ1v) is 11.0. The van der Waals surface area contributed by atoms with Gasteiger partial charge in [-0.15, -0.1) is 0 Å². The van der Waals surface area contributed by atoms with Crippen molar-refractivity contribution < 1.29 is 4.79 Å². The van der Waals surface area contributed by atoms with Crippen LogP contribution in [0.25, 0.3) is 0 Å². The predicted octanol–water partition coefficient (Wildman–Crippen LogP) is 4.00. The van der Waals surface area contributed by atoms with Crippen LogP contribution in [0.4, 0.5) is 5.69 Å². The summed E-state index contributed by atoms with van der Waals surface area (Å²) in [6.07, 6.45) is 4.06. The number of nitrogens with zero attached hydrogens (tertiary/aromatic N) is 3. The number of carbonyl (C=O) groups excluding carboxylic acids is 1. The highest BCUT2D eigenvalue weighted by Gasteiger charge is 2.23. The molecule has 3 aromatic rings. The number of hydrogen-bond acceptors (Lipinski definition) is 4. The summed E-state index contributed by atoms with van der Waals surface area (Å²) >= 11 is 0. The van der Waals surface area contributed by atoms with E-state index in [1.807, 2.05) is 55.5 Å². The molecule has 1 amide bonds. The Hall–Kier alpha value is -3.12. The van der Waals surface area contributed by atoms with E-state index in [-0.39, 0.29) is 11.9 Å². The largest absolute Gasteiger partial charge is 0.371 e. The zero-order chi connectivity index (χ0) is 21.6. The van der Waals surface area contributed by atoms with Crippen molar-refractivity contribution >= 4 is 11.6 Å². The van der Waals surface area contributed by atoms with Crippen LogP contribution in [0.3, 0.4) is 0 Å². The van der Waals surface area contributed by atoms with Crippen molar-refractivity contribution in [2.75, 3.05) is 25.0 Å². The lowest BCUT2D eigenvalue weighted by atomic mass is 10.0. The van der Waals surface area contributed by atoms with Gasteiger partial charge in [0.1, 0.15) is 0 Å². The van der Waals surface area contributed by atoms with E-state index in [0.29, 0.717) is 11.6 Å². The molecule has 0 bridgehead atoms. The minimum absolute atomic E-state index is 0.0221. The molecule has 31 heavy (non-hydrogen) atoms. The molecule has 1 unspecified atom stereocenters. The van der Waals surface area contributed by atoms with Gasteiger partial charge >= 0.3 is 0 Å². The molecule has 1 aliphatic heterocycles. The van der Waals surface area contributed by atoms with Crippen LogP contribution in [0, 0.1) is 0 Å². The van der Waals surface area contributed by atoms with Crippen molar-refractivity contribution in [1.29, 1.82) is 0 Å². The topological polar surface area (TPSA) is 64.3 Å². The van der Waals surface area contributed by atoms with Gasteiger partial charge in [-0.05, 0) is 62.7 Å². The smallest absolute Gasteiger partial charge is 0.251 e. The number of aromatic amines is 1. The lowest BCUT2D eigenvalue weighted by Crippen LogP contribution is -2.43. The number of nitrogens with one attached hydrogen (secondary N) is 2. The second-order valence-electron chi connectivity index (χ2n) is 8.37. The third-order valence-electron chi connectivity index (χ3n) is 6.21. The highest BCUT2D eigenvalue weighted by molar-refractivity contribution is 5.94. The highest BCUT2D eigenvalue weighted by atomic mass is 16.1. The summed E-state index contributed by atoms with van der Waals surface area (Å²) < 4.78 is 0. The van der Waals surface area contributed by atoms with Crippen LogP contribution in [0.1, 0.15) is 47.4 Å². The van der Waals surface area contributed by atoms with Crippen molar-refractivity contribution in [2.24, 2.45) is 0 Å². The summed E-state index contributed by atoms with van der Waals surface area (Å²) in [7, 11) is 2.19. The van der Waals surface area contributed by atoms with Gasteiger partial charge < -0.3 is 10.2 Å². The van der Waals surface area contributed by atoms with Gasteiger partial charge in [-0.1, -0.05) is 30.3 Å². The summed E-state index contributed by atoms with van der Waals surface area (Å²) in [6, 6.07) is 20.6. The van der Waals surface area contributed by atoms with Crippen LogP contribution in [-0.2, 0) is 6.54 Å². The first-order chi connectivity index (χ1) is 15.1. The molecule has 1 aromatic heterocycles. The molecule has 2 aromatic carbocycles. The van der Waals surface area contributed by atoms with E-state index in [4.69, 9.17) is 0 Å². The lowest BCUT2D eigenvalue weighted by Gasteiger charge is -2.37. The molecule has 0 saturated carbocycles. The standard InChI is InChI=1S/C25H31N5O/c1-19(20-6-4-3-5-7-20)27-25(31)21-8-10-24(11-9-21)30-16-13-23(14-17-30)29(2)18-22-12-15-26-28-22/h3-12,15,19,23H,13-14,16-18H2,1-2H3,(H,26,28)(H,27,31). The normalized spacial score (nSPS) is 15.8. The van der Waals surface area contributed by atoms with Crippen LogP contribution in [0.15, 0.2) is 66.9 Å². The van der Waals surface area contributed by atoms with Gasteiger partial charge in [0, 0.05) is 48.8 Å².